The Morgan fingerprint density at radius 1 is 1.37 bits per heavy atom. The van der Waals surface area contributed by atoms with E-state index in [-0.39, 0.29) is 6.04 Å². The molecule has 1 atom stereocenters. The van der Waals surface area contributed by atoms with Crippen molar-refractivity contribution in [2.24, 2.45) is 12.8 Å². The molecule has 2 aromatic rings. The van der Waals surface area contributed by atoms with Gasteiger partial charge in [-0.05, 0) is 31.4 Å². The van der Waals surface area contributed by atoms with Crippen LogP contribution < -0.4 is 10.5 Å². The summed E-state index contributed by atoms with van der Waals surface area (Å²) in [6.45, 7) is 2.64. The molecule has 0 bridgehead atoms. The van der Waals surface area contributed by atoms with Gasteiger partial charge in [0.05, 0.1) is 12.8 Å². The van der Waals surface area contributed by atoms with Crippen LogP contribution in [0.15, 0.2) is 36.7 Å². The number of aryl methyl sites for hydroxylation is 2. The Morgan fingerprint density at radius 2 is 2.16 bits per heavy atom. The molecule has 0 saturated heterocycles. The van der Waals surface area contributed by atoms with Crippen molar-refractivity contribution in [1.29, 1.82) is 0 Å². The van der Waals surface area contributed by atoms with E-state index < -0.39 is 0 Å². The molecule has 1 unspecified atom stereocenters. The first kappa shape index (κ1) is 13.6. The number of nitrogens with two attached hydrogens (primary N) is 1. The lowest BCUT2D eigenvalue weighted by molar-refractivity contribution is 0.333. The van der Waals surface area contributed by atoms with Crippen LogP contribution in [-0.2, 0) is 13.5 Å². The molecule has 19 heavy (non-hydrogen) atoms. The third-order valence-electron chi connectivity index (χ3n) is 3.12. The molecule has 0 saturated carbocycles. The second kappa shape index (κ2) is 6.38. The predicted octanol–water partition coefficient (Wildman–Crippen LogP) is 2.45. The fraction of sp³-hybridized carbons (Fsp3) is 0.400. The Morgan fingerprint density at radius 3 is 2.84 bits per heavy atom. The van der Waals surface area contributed by atoms with Crippen LogP contribution in [0.5, 0.6) is 5.75 Å². The van der Waals surface area contributed by atoms with Gasteiger partial charge in [-0.15, -0.1) is 0 Å². The standard InChI is InChI=1S/C15H21N3O/c1-3-19-15-7-5-4-6-13(15)14(16)9-8-12-10-17-18(2)11-12/h4-7,10-11,14H,3,8-9,16H2,1-2H3. The zero-order valence-corrected chi connectivity index (χ0v) is 11.5. The molecule has 1 aromatic heterocycles. The number of para-hydroxylation sites is 1. The van der Waals surface area contributed by atoms with Crippen LogP contribution in [0.3, 0.4) is 0 Å². The van der Waals surface area contributed by atoms with Gasteiger partial charge in [0.15, 0.2) is 0 Å². The van der Waals surface area contributed by atoms with E-state index in [1.807, 2.05) is 55.3 Å². The van der Waals surface area contributed by atoms with E-state index in [0.717, 1.165) is 24.2 Å². The molecular formula is C15H21N3O. The largest absolute Gasteiger partial charge is 0.494 e. The number of ether oxygens (including phenoxy) is 1. The van der Waals surface area contributed by atoms with E-state index in [0.29, 0.717) is 6.61 Å². The number of aromatic nitrogens is 2. The molecule has 0 aliphatic rings. The van der Waals surface area contributed by atoms with E-state index in [9.17, 15) is 0 Å². The van der Waals surface area contributed by atoms with Gasteiger partial charge in [0.2, 0.25) is 0 Å². The van der Waals surface area contributed by atoms with Gasteiger partial charge < -0.3 is 10.5 Å². The topological polar surface area (TPSA) is 53.1 Å². The van der Waals surface area contributed by atoms with Crippen molar-refractivity contribution in [1.82, 2.24) is 9.78 Å². The molecule has 4 heteroatoms. The Balaban J connectivity index is 2.01. The van der Waals surface area contributed by atoms with E-state index in [1.54, 1.807) is 0 Å². The van der Waals surface area contributed by atoms with Crippen LogP contribution in [-0.4, -0.2) is 16.4 Å². The fourth-order valence-electron chi connectivity index (χ4n) is 2.15. The Bertz CT molecular complexity index is 522. The van der Waals surface area contributed by atoms with Crippen molar-refractivity contribution in [2.45, 2.75) is 25.8 Å². The summed E-state index contributed by atoms with van der Waals surface area (Å²) < 4.78 is 7.43. The monoisotopic (exact) mass is 259 g/mol. The molecular weight excluding hydrogens is 238 g/mol. The number of benzene rings is 1. The summed E-state index contributed by atoms with van der Waals surface area (Å²) in [7, 11) is 1.92. The number of hydrogen-bond donors (Lipinski definition) is 1. The van der Waals surface area contributed by atoms with Crippen molar-refractivity contribution in [3.05, 3.63) is 47.8 Å². The smallest absolute Gasteiger partial charge is 0.124 e. The fourth-order valence-corrected chi connectivity index (χ4v) is 2.15. The summed E-state index contributed by atoms with van der Waals surface area (Å²) in [6.07, 6.45) is 5.73. The normalized spacial score (nSPS) is 12.4. The highest BCUT2D eigenvalue weighted by molar-refractivity contribution is 5.35. The average Bonchev–Trinajstić information content (AvgIpc) is 2.83. The van der Waals surface area contributed by atoms with Crippen LogP contribution in [0.25, 0.3) is 0 Å². The van der Waals surface area contributed by atoms with Gasteiger partial charge in [0.25, 0.3) is 0 Å². The molecule has 0 fully saturated rings. The highest BCUT2D eigenvalue weighted by atomic mass is 16.5. The number of hydrogen-bond acceptors (Lipinski definition) is 3. The molecule has 0 amide bonds. The van der Waals surface area contributed by atoms with Crippen molar-refractivity contribution in [2.75, 3.05) is 6.61 Å². The summed E-state index contributed by atoms with van der Waals surface area (Å²) >= 11 is 0. The molecule has 2 rings (SSSR count). The molecule has 0 aliphatic carbocycles. The van der Waals surface area contributed by atoms with Crippen LogP contribution in [0, 0.1) is 0 Å². The lowest BCUT2D eigenvalue weighted by Crippen LogP contribution is -2.13. The maximum Gasteiger partial charge on any atom is 0.124 e. The highest BCUT2D eigenvalue weighted by Gasteiger charge is 2.12. The molecule has 2 N–H and O–H groups in total. The molecule has 0 spiro atoms. The lowest BCUT2D eigenvalue weighted by Gasteiger charge is -2.16. The minimum absolute atomic E-state index is 0.0112. The first-order valence-corrected chi connectivity index (χ1v) is 6.65. The second-order valence-electron chi connectivity index (χ2n) is 4.64. The summed E-state index contributed by atoms with van der Waals surface area (Å²) in [6, 6.07) is 7.98. The SMILES string of the molecule is CCOc1ccccc1C(N)CCc1cnn(C)c1. The molecule has 1 heterocycles. The van der Waals surface area contributed by atoms with Crippen LogP contribution in [0.4, 0.5) is 0 Å². The average molecular weight is 259 g/mol. The first-order valence-electron chi connectivity index (χ1n) is 6.65. The van der Waals surface area contributed by atoms with Gasteiger partial charge in [-0.1, -0.05) is 18.2 Å². The predicted molar refractivity (Wildman–Crippen MR) is 76.1 cm³/mol. The van der Waals surface area contributed by atoms with Gasteiger partial charge in [-0.3, -0.25) is 4.68 Å². The minimum Gasteiger partial charge on any atom is -0.494 e. The molecule has 0 radical (unpaired) electrons. The van der Waals surface area contributed by atoms with Gasteiger partial charge in [0.1, 0.15) is 5.75 Å². The number of nitrogens with zero attached hydrogens (tertiary/aromatic N) is 2. The number of rotatable bonds is 6. The highest BCUT2D eigenvalue weighted by Crippen LogP contribution is 2.26. The third-order valence-corrected chi connectivity index (χ3v) is 3.12. The van der Waals surface area contributed by atoms with Gasteiger partial charge in [-0.2, -0.15) is 5.10 Å². The van der Waals surface area contributed by atoms with Crippen LogP contribution in [0.2, 0.25) is 0 Å². The Hall–Kier alpha value is -1.81. The van der Waals surface area contributed by atoms with E-state index >= 15 is 0 Å². The van der Waals surface area contributed by atoms with Crippen LogP contribution in [0.1, 0.15) is 30.5 Å². The van der Waals surface area contributed by atoms with E-state index in [2.05, 4.69) is 5.10 Å². The van der Waals surface area contributed by atoms with Gasteiger partial charge >= 0.3 is 0 Å². The van der Waals surface area contributed by atoms with Crippen molar-refractivity contribution < 1.29 is 4.74 Å². The quantitative estimate of drug-likeness (QED) is 0.867. The summed E-state index contributed by atoms with van der Waals surface area (Å²) in [5.74, 6) is 0.892. The lowest BCUT2D eigenvalue weighted by atomic mass is 10.0. The zero-order valence-electron chi connectivity index (χ0n) is 11.5. The molecule has 0 aliphatic heterocycles. The minimum atomic E-state index is -0.0112. The van der Waals surface area contributed by atoms with Crippen LogP contribution >= 0.6 is 0 Å². The third kappa shape index (κ3) is 3.58. The Labute approximate surface area is 114 Å². The van der Waals surface area contributed by atoms with Gasteiger partial charge in [0, 0.05) is 24.8 Å². The first-order chi connectivity index (χ1) is 9.20. The molecule has 4 nitrogen and oxygen atoms in total. The van der Waals surface area contributed by atoms with E-state index in [4.69, 9.17) is 10.5 Å². The maximum absolute atomic E-state index is 6.27. The van der Waals surface area contributed by atoms with Gasteiger partial charge in [-0.25, -0.2) is 0 Å². The summed E-state index contributed by atoms with van der Waals surface area (Å²) in [4.78, 5) is 0. The molecule has 1 aromatic carbocycles. The summed E-state index contributed by atoms with van der Waals surface area (Å²) in [5, 5.41) is 4.17. The zero-order chi connectivity index (χ0) is 13.7. The Kier molecular flexibility index (Phi) is 4.58. The maximum atomic E-state index is 6.27. The van der Waals surface area contributed by atoms with Crippen molar-refractivity contribution >= 4 is 0 Å². The summed E-state index contributed by atoms with van der Waals surface area (Å²) in [5.41, 5.74) is 8.57. The second-order valence-corrected chi connectivity index (χ2v) is 4.64. The van der Waals surface area contributed by atoms with Crippen molar-refractivity contribution in [3.63, 3.8) is 0 Å². The van der Waals surface area contributed by atoms with E-state index in [1.165, 1.54) is 5.56 Å². The molecule has 102 valence electrons. The van der Waals surface area contributed by atoms with Crippen molar-refractivity contribution in [3.8, 4) is 5.75 Å².